The largest absolute Gasteiger partial charge is 0.372 e. The number of carbonyl (C=O) groups is 1. The topological polar surface area (TPSA) is 32.3 Å². The van der Waals surface area contributed by atoms with Crippen LogP contribution in [0, 0.1) is 0 Å². The van der Waals surface area contributed by atoms with Crippen molar-refractivity contribution in [2.24, 2.45) is 0 Å². The van der Waals surface area contributed by atoms with Gasteiger partial charge in [-0.3, -0.25) is 4.79 Å². The van der Waals surface area contributed by atoms with Crippen LogP contribution in [0.25, 0.3) is 0 Å². The van der Waals surface area contributed by atoms with Gasteiger partial charge in [-0.25, -0.2) is 0 Å². The van der Waals surface area contributed by atoms with Crippen LogP contribution in [0.1, 0.15) is 26.2 Å². The van der Waals surface area contributed by atoms with Crippen molar-refractivity contribution >= 4 is 40.6 Å². The number of hydrogen-bond donors (Lipinski definition) is 1. The van der Waals surface area contributed by atoms with Crippen molar-refractivity contribution in [2.45, 2.75) is 36.3 Å². The molecule has 0 bridgehead atoms. The number of anilines is 2. The maximum atomic E-state index is 12.6. The van der Waals surface area contributed by atoms with Gasteiger partial charge < -0.3 is 10.2 Å². The summed E-state index contributed by atoms with van der Waals surface area (Å²) >= 11 is 7.49. The van der Waals surface area contributed by atoms with E-state index in [9.17, 15) is 4.79 Å². The fourth-order valence-corrected chi connectivity index (χ4v) is 4.03. The quantitative estimate of drug-likeness (QED) is 0.682. The third kappa shape index (κ3) is 4.93. The molecule has 1 aliphatic rings. The smallest absolute Gasteiger partial charge is 0.237 e. The van der Waals surface area contributed by atoms with Crippen LogP contribution in [-0.4, -0.2) is 24.2 Å². The Bertz CT molecular complexity index is 697. The van der Waals surface area contributed by atoms with E-state index in [0.29, 0.717) is 5.02 Å². The van der Waals surface area contributed by atoms with Crippen LogP contribution in [-0.2, 0) is 4.79 Å². The monoisotopic (exact) mass is 374 g/mol. The van der Waals surface area contributed by atoms with E-state index in [0.717, 1.165) is 30.1 Å². The van der Waals surface area contributed by atoms with E-state index >= 15 is 0 Å². The van der Waals surface area contributed by atoms with Crippen molar-refractivity contribution in [1.82, 2.24) is 0 Å². The van der Waals surface area contributed by atoms with Crippen LogP contribution < -0.4 is 10.2 Å². The highest BCUT2D eigenvalue weighted by molar-refractivity contribution is 8.00. The molecule has 0 spiro atoms. The zero-order valence-corrected chi connectivity index (χ0v) is 15.9. The Morgan fingerprint density at radius 2 is 1.76 bits per heavy atom. The molecule has 1 amide bonds. The van der Waals surface area contributed by atoms with Crippen LogP contribution in [0.2, 0.25) is 5.02 Å². The summed E-state index contributed by atoms with van der Waals surface area (Å²) in [6, 6.07) is 15.8. The standard InChI is InChI=1S/C20H23ClN2OS/c1-2-19(25-18-11-5-15(21)6-12-18)20(24)22-16-7-9-17(10-8-16)23-13-3-4-14-23/h5-12,19H,2-4,13-14H2,1H3,(H,22,24)/t19-/m1/s1. The first-order valence-electron chi connectivity index (χ1n) is 8.74. The maximum Gasteiger partial charge on any atom is 0.237 e. The van der Waals surface area contributed by atoms with Gasteiger partial charge in [-0.05, 0) is 67.8 Å². The third-order valence-corrected chi connectivity index (χ3v) is 5.99. The van der Waals surface area contributed by atoms with Gasteiger partial charge in [-0.1, -0.05) is 18.5 Å². The minimum Gasteiger partial charge on any atom is -0.372 e. The SMILES string of the molecule is CC[C@@H](Sc1ccc(Cl)cc1)C(=O)Nc1ccc(N2CCCC2)cc1. The van der Waals surface area contributed by atoms with E-state index in [1.54, 1.807) is 11.8 Å². The molecule has 1 atom stereocenters. The predicted octanol–water partition coefficient (Wildman–Crippen LogP) is 5.45. The highest BCUT2D eigenvalue weighted by Crippen LogP contribution is 2.28. The summed E-state index contributed by atoms with van der Waals surface area (Å²) in [5.41, 5.74) is 2.08. The van der Waals surface area contributed by atoms with E-state index in [1.165, 1.54) is 18.5 Å². The van der Waals surface area contributed by atoms with Gasteiger partial charge >= 0.3 is 0 Å². The van der Waals surface area contributed by atoms with Crippen molar-refractivity contribution in [3.05, 3.63) is 53.6 Å². The molecule has 0 radical (unpaired) electrons. The molecule has 0 unspecified atom stereocenters. The Morgan fingerprint density at radius 3 is 2.36 bits per heavy atom. The number of nitrogens with zero attached hydrogens (tertiary/aromatic N) is 1. The third-order valence-electron chi connectivity index (χ3n) is 4.36. The number of nitrogens with one attached hydrogen (secondary N) is 1. The molecular formula is C20H23ClN2OS. The van der Waals surface area contributed by atoms with Crippen LogP contribution in [0.15, 0.2) is 53.4 Å². The van der Waals surface area contributed by atoms with Crippen molar-refractivity contribution in [1.29, 1.82) is 0 Å². The average Bonchev–Trinajstić information content (AvgIpc) is 3.16. The van der Waals surface area contributed by atoms with Gasteiger partial charge in [-0.15, -0.1) is 11.8 Å². The van der Waals surface area contributed by atoms with Crippen molar-refractivity contribution in [3.8, 4) is 0 Å². The molecule has 25 heavy (non-hydrogen) atoms. The second-order valence-corrected chi connectivity index (χ2v) is 7.91. The Balaban J connectivity index is 1.60. The maximum absolute atomic E-state index is 12.6. The number of benzene rings is 2. The Kier molecular flexibility index (Phi) is 6.27. The van der Waals surface area contributed by atoms with Gasteiger partial charge in [0.05, 0.1) is 5.25 Å². The number of carbonyl (C=O) groups excluding carboxylic acids is 1. The Hall–Kier alpha value is -1.65. The lowest BCUT2D eigenvalue weighted by atomic mass is 10.2. The fourth-order valence-electron chi connectivity index (χ4n) is 2.95. The molecule has 1 saturated heterocycles. The lowest BCUT2D eigenvalue weighted by molar-refractivity contribution is -0.115. The van der Waals surface area contributed by atoms with E-state index in [2.05, 4.69) is 22.3 Å². The summed E-state index contributed by atoms with van der Waals surface area (Å²) in [6.07, 6.45) is 3.29. The van der Waals surface area contributed by atoms with E-state index < -0.39 is 0 Å². The molecule has 132 valence electrons. The molecule has 1 N–H and O–H groups in total. The molecule has 5 heteroatoms. The van der Waals surface area contributed by atoms with Crippen LogP contribution in [0.5, 0.6) is 0 Å². The second kappa shape index (κ2) is 8.63. The molecular weight excluding hydrogens is 352 g/mol. The lowest BCUT2D eigenvalue weighted by Crippen LogP contribution is -2.24. The van der Waals surface area contributed by atoms with Gasteiger partial charge in [0.1, 0.15) is 0 Å². The summed E-state index contributed by atoms with van der Waals surface area (Å²) in [6.45, 7) is 4.28. The van der Waals surface area contributed by atoms with Gasteiger partial charge in [-0.2, -0.15) is 0 Å². The minimum absolute atomic E-state index is 0.0383. The lowest BCUT2D eigenvalue weighted by Gasteiger charge is -2.18. The Morgan fingerprint density at radius 1 is 1.12 bits per heavy atom. The number of halogens is 1. The molecule has 0 aliphatic carbocycles. The fraction of sp³-hybridized carbons (Fsp3) is 0.350. The van der Waals surface area contributed by atoms with E-state index in [-0.39, 0.29) is 11.2 Å². The molecule has 1 heterocycles. The number of amides is 1. The zero-order chi connectivity index (χ0) is 17.6. The van der Waals surface area contributed by atoms with Crippen LogP contribution >= 0.6 is 23.4 Å². The van der Waals surface area contributed by atoms with E-state index in [1.807, 2.05) is 43.3 Å². The molecule has 3 rings (SSSR count). The first kappa shape index (κ1) is 18.2. The van der Waals surface area contributed by atoms with Crippen molar-refractivity contribution in [2.75, 3.05) is 23.3 Å². The summed E-state index contributed by atoms with van der Waals surface area (Å²) in [7, 11) is 0. The van der Waals surface area contributed by atoms with Gasteiger partial charge in [0, 0.05) is 34.4 Å². The van der Waals surface area contributed by atoms with Crippen molar-refractivity contribution in [3.63, 3.8) is 0 Å². The summed E-state index contributed by atoms with van der Waals surface area (Å²) in [4.78, 5) is 16.0. The highest BCUT2D eigenvalue weighted by Gasteiger charge is 2.18. The molecule has 1 aliphatic heterocycles. The summed E-state index contributed by atoms with van der Waals surface area (Å²) in [5, 5.41) is 3.62. The highest BCUT2D eigenvalue weighted by atomic mass is 35.5. The molecule has 2 aromatic carbocycles. The molecule has 2 aromatic rings. The average molecular weight is 375 g/mol. The predicted molar refractivity (Wildman–Crippen MR) is 108 cm³/mol. The molecule has 0 saturated carbocycles. The molecule has 0 aromatic heterocycles. The van der Waals surface area contributed by atoms with Crippen LogP contribution in [0.4, 0.5) is 11.4 Å². The number of thioether (sulfide) groups is 1. The minimum atomic E-state index is -0.126. The van der Waals surface area contributed by atoms with Gasteiger partial charge in [0.2, 0.25) is 5.91 Å². The van der Waals surface area contributed by atoms with Gasteiger partial charge in [0.25, 0.3) is 0 Å². The zero-order valence-electron chi connectivity index (χ0n) is 14.4. The first-order chi connectivity index (χ1) is 12.2. The van der Waals surface area contributed by atoms with Crippen molar-refractivity contribution < 1.29 is 4.79 Å². The van der Waals surface area contributed by atoms with E-state index in [4.69, 9.17) is 11.6 Å². The summed E-state index contributed by atoms with van der Waals surface area (Å²) < 4.78 is 0. The van der Waals surface area contributed by atoms with Gasteiger partial charge in [0.15, 0.2) is 0 Å². The van der Waals surface area contributed by atoms with Crippen LogP contribution in [0.3, 0.4) is 0 Å². The molecule has 3 nitrogen and oxygen atoms in total. The first-order valence-corrected chi connectivity index (χ1v) is 9.99. The summed E-state index contributed by atoms with van der Waals surface area (Å²) in [5.74, 6) is 0.0383. The number of hydrogen-bond acceptors (Lipinski definition) is 3. The number of rotatable bonds is 6. The normalized spacial score (nSPS) is 15.2. The second-order valence-electron chi connectivity index (χ2n) is 6.20. The Labute approximate surface area is 158 Å². The molecule has 1 fully saturated rings.